The summed E-state index contributed by atoms with van der Waals surface area (Å²) in [5.41, 5.74) is 12.2. The van der Waals surface area contributed by atoms with E-state index in [4.69, 9.17) is 26.4 Å². The first kappa shape index (κ1) is 61.6. The lowest BCUT2D eigenvalue weighted by Gasteiger charge is -2.38. The fourth-order valence-electron chi connectivity index (χ4n) is 8.81. The number of benzene rings is 2. The Bertz CT molecular complexity index is 2850. The first-order valence-electron chi connectivity index (χ1n) is 24.9. The first-order valence-corrected chi connectivity index (χ1v) is 24.9. The lowest BCUT2D eigenvalue weighted by molar-refractivity contribution is -0.393. The van der Waals surface area contributed by atoms with Crippen LogP contribution in [0.25, 0.3) is 11.0 Å². The minimum atomic E-state index is -1.77. The van der Waals surface area contributed by atoms with Crippen molar-refractivity contribution in [3.63, 3.8) is 0 Å². The van der Waals surface area contributed by atoms with Gasteiger partial charge < -0.3 is 68.5 Å². The quantitative estimate of drug-likeness (QED) is 0.0112. The van der Waals surface area contributed by atoms with Gasteiger partial charge in [0.15, 0.2) is 5.96 Å². The standard InChI is InChI=1S/C49H68N14O15/c1-25(2)18-35(60-47(72)49(15-9-17-61(49)28(6)64)32-22-41(66)78-39-21-30(77-7)12-13-31(32)39)44(69)55-24-40(65)57-36(19-26(3)4)45(70)59-37(23-54-33-14-11-29(62(73)74)20-38(33)63(75)76)46(71)56-27(5)43(68)58-34(42(50)67)10-8-16-53-48(51)52/h11-14,20-22,25-27,34-37,54H,8-10,15-19,23-24H2,1-7H3,(H2,50,67)(H,55,69)(H,56,71)(H,57,65)(H,58,68)(H,59,70)(H,60,72)(H4,51,52,53)/t27-,34-,35-,36-,37?,49+/m0/s1. The van der Waals surface area contributed by atoms with E-state index in [2.05, 4.69) is 42.2 Å². The van der Waals surface area contributed by atoms with Crippen LogP contribution in [0.1, 0.15) is 85.6 Å². The number of hydrogen-bond acceptors (Lipinski definition) is 17. The van der Waals surface area contributed by atoms with E-state index in [9.17, 15) is 63.4 Å². The number of nitro groups is 2. The zero-order valence-electron chi connectivity index (χ0n) is 44.3. The lowest BCUT2D eigenvalue weighted by Crippen LogP contribution is -2.60. The van der Waals surface area contributed by atoms with Crippen LogP contribution in [-0.2, 0) is 43.9 Å². The number of fused-ring (bicyclic) bond motifs is 1. The number of primary amides is 1. The molecule has 4 rings (SSSR count). The summed E-state index contributed by atoms with van der Waals surface area (Å²) < 4.78 is 10.8. The number of carbonyl (C=O) groups excluding carboxylic acids is 8. The van der Waals surface area contributed by atoms with Crippen molar-refractivity contribution in [2.24, 2.45) is 34.0 Å². The second-order valence-corrected chi connectivity index (χ2v) is 19.4. The molecule has 0 saturated carbocycles. The number of carbonyl (C=O) groups is 8. The smallest absolute Gasteiger partial charge is 0.336 e. The first-order chi connectivity index (χ1) is 36.7. The van der Waals surface area contributed by atoms with Gasteiger partial charge in [0.25, 0.3) is 17.3 Å². The number of nitrogens with one attached hydrogen (secondary N) is 7. The summed E-state index contributed by atoms with van der Waals surface area (Å²) in [6.07, 6.45) is 0.694. The number of hydrogen-bond donors (Lipinski definition) is 10. The molecule has 1 aliphatic heterocycles. The number of nitrogens with zero attached hydrogens (tertiary/aromatic N) is 4. The van der Waals surface area contributed by atoms with Crippen molar-refractivity contribution >= 4 is 81.2 Å². The minimum Gasteiger partial charge on any atom is -0.497 e. The zero-order chi connectivity index (χ0) is 58.2. The van der Waals surface area contributed by atoms with Gasteiger partial charge in [-0.2, -0.15) is 0 Å². The third kappa shape index (κ3) is 16.5. The highest BCUT2D eigenvalue weighted by atomic mass is 16.6. The Morgan fingerprint density at radius 3 is 2.03 bits per heavy atom. The Labute approximate surface area is 447 Å². The summed E-state index contributed by atoms with van der Waals surface area (Å²) in [7, 11) is 1.42. The largest absolute Gasteiger partial charge is 0.497 e. The zero-order valence-corrected chi connectivity index (χ0v) is 44.3. The molecule has 0 aliphatic carbocycles. The van der Waals surface area contributed by atoms with E-state index in [0.717, 1.165) is 18.2 Å². The summed E-state index contributed by atoms with van der Waals surface area (Å²) in [5.74, 6) is -7.05. The van der Waals surface area contributed by atoms with E-state index in [0.29, 0.717) is 23.6 Å². The monoisotopic (exact) mass is 1090 g/mol. The van der Waals surface area contributed by atoms with Gasteiger partial charge >= 0.3 is 5.63 Å². The van der Waals surface area contributed by atoms with Gasteiger partial charge in [-0.3, -0.25) is 63.6 Å². The Balaban J connectivity index is 1.57. The molecule has 1 aromatic heterocycles. The van der Waals surface area contributed by atoms with E-state index in [-0.39, 0.29) is 79.8 Å². The Morgan fingerprint density at radius 2 is 1.44 bits per heavy atom. The van der Waals surface area contributed by atoms with Gasteiger partial charge in [-0.05, 0) is 75.5 Å². The van der Waals surface area contributed by atoms with Gasteiger partial charge in [0.1, 0.15) is 52.8 Å². The van der Waals surface area contributed by atoms with E-state index < -0.39 is 123 Å². The maximum absolute atomic E-state index is 14.8. The molecule has 29 heteroatoms. The molecule has 29 nitrogen and oxygen atoms in total. The number of aliphatic imine (C=N–C) groups is 1. The topological polar surface area (TPSA) is 440 Å². The Hall–Kier alpha value is -8.92. The summed E-state index contributed by atoms with van der Waals surface area (Å²) in [4.78, 5) is 149. The van der Waals surface area contributed by atoms with E-state index >= 15 is 0 Å². The summed E-state index contributed by atoms with van der Waals surface area (Å²) in [6, 6.07) is 1.48. The van der Waals surface area contributed by atoms with Gasteiger partial charge in [0.2, 0.25) is 41.4 Å². The second kappa shape index (κ2) is 27.7. The van der Waals surface area contributed by atoms with Crippen LogP contribution in [0.4, 0.5) is 17.1 Å². The number of amides is 8. The molecule has 6 atom stereocenters. The molecule has 0 radical (unpaired) electrons. The highest BCUT2D eigenvalue weighted by Crippen LogP contribution is 2.42. The van der Waals surface area contributed by atoms with Gasteiger partial charge in [0.05, 0.1) is 29.6 Å². The van der Waals surface area contributed by atoms with Crippen molar-refractivity contribution in [2.45, 2.75) is 116 Å². The number of anilines is 1. The molecule has 2 aromatic carbocycles. The van der Waals surface area contributed by atoms with Crippen LogP contribution in [0.15, 0.2) is 56.7 Å². The number of guanidine groups is 1. The van der Waals surface area contributed by atoms with Crippen LogP contribution < -0.4 is 64.8 Å². The molecule has 424 valence electrons. The van der Waals surface area contributed by atoms with Crippen molar-refractivity contribution in [3.05, 3.63) is 78.7 Å². The van der Waals surface area contributed by atoms with Crippen LogP contribution >= 0.6 is 0 Å². The van der Waals surface area contributed by atoms with Crippen LogP contribution in [0.3, 0.4) is 0 Å². The Kier molecular flexibility index (Phi) is 21.9. The number of nitrogens with two attached hydrogens (primary N) is 3. The Morgan fingerprint density at radius 1 is 0.795 bits per heavy atom. The molecule has 8 amide bonds. The van der Waals surface area contributed by atoms with Crippen LogP contribution in [0.5, 0.6) is 5.75 Å². The fourth-order valence-corrected chi connectivity index (χ4v) is 8.81. The molecule has 1 unspecified atom stereocenters. The van der Waals surface area contributed by atoms with E-state index in [1.807, 2.05) is 0 Å². The van der Waals surface area contributed by atoms with E-state index in [1.54, 1.807) is 39.8 Å². The molecule has 1 saturated heterocycles. The predicted octanol–water partition coefficient (Wildman–Crippen LogP) is -0.241. The maximum Gasteiger partial charge on any atom is 0.336 e. The van der Waals surface area contributed by atoms with Crippen molar-refractivity contribution in [2.75, 3.05) is 38.6 Å². The maximum atomic E-state index is 14.8. The molecule has 1 aliphatic rings. The van der Waals surface area contributed by atoms with Gasteiger partial charge in [-0.15, -0.1) is 0 Å². The van der Waals surface area contributed by atoms with Gasteiger partial charge in [-0.1, -0.05) is 27.7 Å². The molecule has 78 heavy (non-hydrogen) atoms. The lowest BCUT2D eigenvalue weighted by atomic mass is 9.83. The average Bonchev–Trinajstić information content (AvgIpc) is 4.06. The normalized spacial score (nSPS) is 15.9. The third-order valence-corrected chi connectivity index (χ3v) is 12.5. The highest BCUT2D eigenvalue weighted by Gasteiger charge is 2.52. The fraction of sp³-hybridized carbons (Fsp3) is 0.510. The van der Waals surface area contributed by atoms with Gasteiger partial charge in [0, 0.05) is 55.7 Å². The SMILES string of the molecule is COc1ccc2c([C@@]3(C(=O)N[C@@H](CC(C)C)C(=O)NCC(=O)N[C@@H](CC(C)C)C(=O)NC(CNc4ccc([N+](=O)[O-])cc4[N+](=O)[O-])C(=O)N[C@@H](C)C(=O)N[C@@H](CCCN=C(N)N)C(N)=O)CCCN3C(C)=O)cc(=O)oc2c1. The van der Waals surface area contributed by atoms with Crippen LogP contribution in [0, 0.1) is 32.1 Å². The average molecular weight is 1090 g/mol. The van der Waals surface area contributed by atoms with Crippen molar-refractivity contribution in [3.8, 4) is 5.75 Å². The summed E-state index contributed by atoms with van der Waals surface area (Å²) in [6.45, 7) is 8.45. The number of likely N-dealkylation sites (tertiary alicyclic amines) is 1. The van der Waals surface area contributed by atoms with Crippen molar-refractivity contribution in [1.82, 2.24) is 36.8 Å². The molecule has 1 fully saturated rings. The van der Waals surface area contributed by atoms with Crippen molar-refractivity contribution < 1.29 is 57.4 Å². The number of rotatable bonds is 28. The second-order valence-electron chi connectivity index (χ2n) is 19.4. The molecule has 0 bridgehead atoms. The number of methoxy groups -OCH3 is 1. The molecular weight excluding hydrogens is 1020 g/mol. The molecule has 2 heterocycles. The summed E-state index contributed by atoms with van der Waals surface area (Å²) in [5, 5.41) is 41.5. The highest BCUT2D eigenvalue weighted by molar-refractivity contribution is 6.00. The van der Waals surface area contributed by atoms with E-state index in [1.165, 1.54) is 31.9 Å². The van der Waals surface area contributed by atoms with Crippen LogP contribution in [0.2, 0.25) is 0 Å². The van der Waals surface area contributed by atoms with Gasteiger partial charge in [-0.25, -0.2) is 4.79 Å². The van der Waals surface area contributed by atoms with Crippen molar-refractivity contribution in [1.29, 1.82) is 0 Å². The number of non-ortho nitro benzene ring substituents is 1. The van der Waals surface area contributed by atoms with Crippen LogP contribution in [-0.4, -0.2) is 131 Å². The molecular formula is C49H68N14O15. The minimum absolute atomic E-state index is 0.0183. The molecule has 13 N–H and O–H groups in total. The molecule has 0 spiro atoms. The number of nitro benzene ring substituents is 2. The number of ether oxygens (including phenoxy) is 1. The predicted molar refractivity (Wildman–Crippen MR) is 282 cm³/mol. The summed E-state index contributed by atoms with van der Waals surface area (Å²) >= 11 is 0. The molecule has 3 aromatic rings. The third-order valence-electron chi connectivity index (χ3n) is 12.5.